The molecule has 5 nitrogen and oxygen atoms in total. The lowest BCUT2D eigenvalue weighted by Gasteiger charge is -2.27. The van der Waals surface area contributed by atoms with Gasteiger partial charge in [-0.05, 0) is 50.6 Å². The van der Waals surface area contributed by atoms with E-state index in [-0.39, 0.29) is 17.9 Å². The molecule has 1 fully saturated rings. The lowest BCUT2D eigenvalue weighted by Crippen LogP contribution is -2.44. The third-order valence-corrected chi connectivity index (χ3v) is 5.75. The number of nitrogens with zero attached hydrogens (tertiary/aromatic N) is 2. The van der Waals surface area contributed by atoms with Gasteiger partial charge in [-0.15, -0.1) is 0 Å². The molecule has 29 heavy (non-hydrogen) atoms. The van der Waals surface area contributed by atoms with Crippen LogP contribution in [0.4, 0.5) is 5.69 Å². The van der Waals surface area contributed by atoms with Gasteiger partial charge in [0.25, 0.3) is 5.91 Å². The summed E-state index contributed by atoms with van der Waals surface area (Å²) in [5.41, 5.74) is 2.32. The molecule has 1 N–H and O–H groups in total. The van der Waals surface area contributed by atoms with E-state index in [0.717, 1.165) is 18.5 Å². The molecule has 0 aliphatic carbocycles. The SMILES string of the molecule is Cc1cccc(C(=O)N2CCCN(C(C)C(=O)Nc3ccc(Cl)cc3Cl)CC2)c1. The van der Waals surface area contributed by atoms with E-state index in [2.05, 4.69) is 10.2 Å². The zero-order valence-corrected chi connectivity index (χ0v) is 18.1. The van der Waals surface area contributed by atoms with E-state index in [1.165, 1.54) is 0 Å². The second-order valence-electron chi connectivity index (χ2n) is 7.34. The highest BCUT2D eigenvalue weighted by Crippen LogP contribution is 2.25. The fraction of sp³-hybridized carbons (Fsp3) is 0.364. The number of hydrogen-bond donors (Lipinski definition) is 1. The Morgan fingerprint density at radius 1 is 1.03 bits per heavy atom. The van der Waals surface area contributed by atoms with Crippen LogP contribution in [0.1, 0.15) is 29.3 Å². The number of anilines is 1. The maximum Gasteiger partial charge on any atom is 0.253 e. The van der Waals surface area contributed by atoms with Crippen LogP contribution in [-0.2, 0) is 4.79 Å². The third kappa shape index (κ3) is 5.50. The van der Waals surface area contributed by atoms with Crippen molar-refractivity contribution in [3.8, 4) is 0 Å². The van der Waals surface area contributed by atoms with E-state index in [1.54, 1.807) is 18.2 Å². The van der Waals surface area contributed by atoms with Crippen LogP contribution < -0.4 is 5.32 Å². The van der Waals surface area contributed by atoms with Gasteiger partial charge in [0.2, 0.25) is 5.91 Å². The topological polar surface area (TPSA) is 52.7 Å². The van der Waals surface area contributed by atoms with E-state index in [4.69, 9.17) is 23.2 Å². The van der Waals surface area contributed by atoms with Crippen molar-refractivity contribution in [3.63, 3.8) is 0 Å². The van der Waals surface area contributed by atoms with Gasteiger partial charge in [-0.3, -0.25) is 14.5 Å². The lowest BCUT2D eigenvalue weighted by atomic mass is 10.1. The van der Waals surface area contributed by atoms with Crippen molar-refractivity contribution >= 4 is 40.7 Å². The van der Waals surface area contributed by atoms with Crippen molar-refractivity contribution in [1.82, 2.24) is 9.80 Å². The molecule has 1 atom stereocenters. The summed E-state index contributed by atoms with van der Waals surface area (Å²) in [5, 5.41) is 3.80. The molecule has 2 amide bonds. The monoisotopic (exact) mass is 433 g/mol. The maximum absolute atomic E-state index is 12.8. The predicted octanol–water partition coefficient (Wildman–Crippen LogP) is 4.48. The van der Waals surface area contributed by atoms with Crippen molar-refractivity contribution in [2.24, 2.45) is 0 Å². The number of carbonyl (C=O) groups excluding carboxylic acids is 2. The standard InChI is InChI=1S/C22H25Cl2N3O2/c1-15-5-3-6-17(13-15)22(29)27-10-4-9-26(11-12-27)16(2)21(28)25-20-8-7-18(23)14-19(20)24/h3,5-8,13-14,16H,4,9-12H2,1-2H3,(H,25,28). The van der Waals surface area contributed by atoms with Crippen LogP contribution >= 0.6 is 23.2 Å². The Labute approximate surface area is 181 Å². The zero-order chi connectivity index (χ0) is 21.0. The van der Waals surface area contributed by atoms with Gasteiger partial charge in [0.1, 0.15) is 0 Å². The highest BCUT2D eigenvalue weighted by atomic mass is 35.5. The van der Waals surface area contributed by atoms with Gasteiger partial charge in [0.15, 0.2) is 0 Å². The second kappa shape index (κ2) is 9.61. The summed E-state index contributed by atoms with van der Waals surface area (Å²) in [6, 6.07) is 12.3. The molecule has 0 spiro atoms. The van der Waals surface area contributed by atoms with Crippen molar-refractivity contribution in [2.45, 2.75) is 26.3 Å². The molecular weight excluding hydrogens is 409 g/mol. The summed E-state index contributed by atoms with van der Waals surface area (Å²) in [7, 11) is 0. The number of rotatable bonds is 4. The molecule has 1 aliphatic rings. The van der Waals surface area contributed by atoms with E-state index >= 15 is 0 Å². The van der Waals surface area contributed by atoms with Crippen LogP contribution in [0.2, 0.25) is 10.0 Å². The van der Waals surface area contributed by atoms with Gasteiger partial charge >= 0.3 is 0 Å². The van der Waals surface area contributed by atoms with Crippen LogP contribution in [0, 0.1) is 6.92 Å². The minimum absolute atomic E-state index is 0.0422. The fourth-order valence-corrected chi connectivity index (χ4v) is 3.94. The fourth-order valence-electron chi connectivity index (χ4n) is 3.48. The number of carbonyl (C=O) groups is 2. The number of benzene rings is 2. The summed E-state index contributed by atoms with van der Waals surface area (Å²) in [6.07, 6.45) is 0.816. The second-order valence-corrected chi connectivity index (χ2v) is 8.18. The molecule has 3 rings (SSSR count). The average molecular weight is 434 g/mol. The van der Waals surface area contributed by atoms with Crippen LogP contribution in [0.25, 0.3) is 0 Å². The molecule has 0 saturated carbocycles. The molecule has 2 aromatic rings. The Hall–Kier alpha value is -2.08. The lowest BCUT2D eigenvalue weighted by molar-refractivity contribution is -0.120. The van der Waals surface area contributed by atoms with Crippen LogP contribution in [0.5, 0.6) is 0 Å². The molecule has 7 heteroatoms. The van der Waals surface area contributed by atoms with Gasteiger partial charge in [0.05, 0.1) is 16.8 Å². The highest BCUT2D eigenvalue weighted by molar-refractivity contribution is 6.36. The first-order valence-electron chi connectivity index (χ1n) is 9.71. The van der Waals surface area contributed by atoms with Gasteiger partial charge in [-0.1, -0.05) is 40.9 Å². The summed E-state index contributed by atoms with van der Waals surface area (Å²) in [5.74, 6) is -0.0896. The minimum Gasteiger partial charge on any atom is -0.337 e. The average Bonchev–Trinajstić information content (AvgIpc) is 2.95. The zero-order valence-electron chi connectivity index (χ0n) is 16.6. The van der Waals surface area contributed by atoms with Gasteiger partial charge in [-0.25, -0.2) is 0 Å². The molecule has 0 radical (unpaired) electrons. The smallest absolute Gasteiger partial charge is 0.253 e. The summed E-state index contributed by atoms with van der Waals surface area (Å²) in [6.45, 7) is 6.51. The molecule has 1 saturated heterocycles. The number of halogens is 2. The predicted molar refractivity (Wildman–Crippen MR) is 118 cm³/mol. The molecule has 0 bridgehead atoms. The van der Waals surface area contributed by atoms with Crippen LogP contribution in [-0.4, -0.2) is 53.8 Å². The largest absolute Gasteiger partial charge is 0.337 e. The van der Waals surface area contributed by atoms with Gasteiger partial charge in [0, 0.05) is 36.8 Å². The quantitative estimate of drug-likeness (QED) is 0.772. The van der Waals surface area contributed by atoms with E-state index in [0.29, 0.717) is 40.9 Å². The number of amides is 2. The third-order valence-electron chi connectivity index (χ3n) is 5.20. The normalized spacial score (nSPS) is 16.2. The van der Waals surface area contributed by atoms with E-state index < -0.39 is 0 Å². The first-order chi connectivity index (χ1) is 13.8. The number of nitrogens with one attached hydrogen (secondary N) is 1. The first-order valence-corrected chi connectivity index (χ1v) is 10.5. The molecule has 1 aliphatic heterocycles. The molecule has 1 heterocycles. The summed E-state index contributed by atoms with van der Waals surface area (Å²) < 4.78 is 0. The Morgan fingerprint density at radius 3 is 2.55 bits per heavy atom. The Bertz CT molecular complexity index is 903. The van der Waals surface area contributed by atoms with Crippen molar-refractivity contribution in [2.75, 3.05) is 31.5 Å². The van der Waals surface area contributed by atoms with E-state index in [1.807, 2.05) is 43.0 Å². The van der Waals surface area contributed by atoms with Crippen molar-refractivity contribution < 1.29 is 9.59 Å². The molecule has 154 valence electrons. The maximum atomic E-state index is 12.8. The van der Waals surface area contributed by atoms with Crippen molar-refractivity contribution in [1.29, 1.82) is 0 Å². The van der Waals surface area contributed by atoms with Gasteiger partial charge in [-0.2, -0.15) is 0 Å². The van der Waals surface area contributed by atoms with Crippen LogP contribution in [0.15, 0.2) is 42.5 Å². The van der Waals surface area contributed by atoms with Crippen molar-refractivity contribution in [3.05, 3.63) is 63.6 Å². The van der Waals surface area contributed by atoms with Gasteiger partial charge < -0.3 is 10.2 Å². The Morgan fingerprint density at radius 2 is 1.83 bits per heavy atom. The molecule has 1 unspecified atom stereocenters. The Kier molecular flexibility index (Phi) is 7.17. The first kappa shape index (κ1) is 21.6. The van der Waals surface area contributed by atoms with E-state index in [9.17, 15) is 9.59 Å². The number of hydrogen-bond acceptors (Lipinski definition) is 3. The molecule has 2 aromatic carbocycles. The molecular formula is C22H25Cl2N3O2. The number of aryl methyl sites for hydroxylation is 1. The summed E-state index contributed by atoms with van der Waals surface area (Å²) in [4.78, 5) is 29.5. The highest BCUT2D eigenvalue weighted by Gasteiger charge is 2.26. The van der Waals surface area contributed by atoms with Crippen LogP contribution in [0.3, 0.4) is 0 Å². The Balaban J connectivity index is 1.60. The minimum atomic E-state index is -0.337. The molecule has 0 aromatic heterocycles. The summed E-state index contributed by atoms with van der Waals surface area (Å²) >= 11 is 12.1.